The van der Waals surface area contributed by atoms with Crippen LogP contribution in [0, 0.1) is 17.2 Å². The molecule has 0 bridgehead atoms. The van der Waals surface area contributed by atoms with Gasteiger partial charge in [0.15, 0.2) is 0 Å². The number of alkyl halides is 2. The topological polar surface area (TPSA) is 41.6 Å². The SMILES string of the molecule is CC(C)C1(C(=O)NCc2ccccc2OC(F)F)CCC(N2CCC(c3ccc(F)cc3)CC2)C1. The van der Waals surface area contributed by atoms with Gasteiger partial charge in [0.05, 0.1) is 5.41 Å². The molecule has 1 aliphatic heterocycles. The summed E-state index contributed by atoms with van der Waals surface area (Å²) >= 11 is 0. The van der Waals surface area contributed by atoms with Crippen molar-refractivity contribution in [2.75, 3.05) is 13.1 Å². The molecule has 2 unspecified atom stereocenters. The fraction of sp³-hybridized carbons (Fsp3) is 0.536. The van der Waals surface area contributed by atoms with Crippen LogP contribution in [0.2, 0.25) is 0 Å². The average molecular weight is 489 g/mol. The van der Waals surface area contributed by atoms with Gasteiger partial charge in [-0.3, -0.25) is 4.79 Å². The van der Waals surface area contributed by atoms with Crippen LogP contribution in [0.25, 0.3) is 0 Å². The fourth-order valence-corrected chi connectivity index (χ4v) is 5.90. The Labute approximate surface area is 205 Å². The minimum absolute atomic E-state index is 0.0111. The molecule has 1 N–H and O–H groups in total. The summed E-state index contributed by atoms with van der Waals surface area (Å²) in [5.41, 5.74) is 1.26. The predicted octanol–water partition coefficient (Wildman–Crippen LogP) is 6.12. The number of carbonyl (C=O) groups is 1. The Bertz CT molecular complexity index is 990. The first kappa shape index (κ1) is 25.5. The molecular formula is C28H35F3N2O2. The second-order valence-electron chi connectivity index (χ2n) is 10.2. The van der Waals surface area contributed by atoms with E-state index in [1.54, 1.807) is 18.2 Å². The Morgan fingerprint density at radius 3 is 2.43 bits per heavy atom. The van der Waals surface area contributed by atoms with Crippen molar-refractivity contribution in [1.82, 2.24) is 10.2 Å². The summed E-state index contributed by atoms with van der Waals surface area (Å²) in [4.78, 5) is 16.0. The van der Waals surface area contributed by atoms with E-state index in [1.165, 1.54) is 23.8 Å². The van der Waals surface area contributed by atoms with Crippen molar-refractivity contribution in [2.45, 2.75) is 71.1 Å². The van der Waals surface area contributed by atoms with Gasteiger partial charge in [-0.25, -0.2) is 4.39 Å². The van der Waals surface area contributed by atoms with Crippen molar-refractivity contribution in [2.24, 2.45) is 11.3 Å². The summed E-state index contributed by atoms with van der Waals surface area (Å²) in [6.45, 7) is 3.38. The van der Waals surface area contributed by atoms with Crippen LogP contribution in [-0.2, 0) is 11.3 Å². The molecule has 1 aliphatic carbocycles. The summed E-state index contributed by atoms with van der Waals surface area (Å²) in [6.07, 6.45) is 4.65. The van der Waals surface area contributed by atoms with Crippen LogP contribution < -0.4 is 10.1 Å². The van der Waals surface area contributed by atoms with Gasteiger partial charge >= 0.3 is 6.61 Å². The molecule has 4 nitrogen and oxygen atoms in total. The zero-order chi connectivity index (χ0) is 25.0. The maximum Gasteiger partial charge on any atom is 0.387 e. The van der Waals surface area contributed by atoms with Crippen molar-refractivity contribution in [3.63, 3.8) is 0 Å². The fourth-order valence-electron chi connectivity index (χ4n) is 5.90. The molecule has 0 radical (unpaired) electrons. The molecule has 2 aromatic rings. The Kier molecular flexibility index (Phi) is 8.05. The number of ether oxygens (including phenoxy) is 1. The Morgan fingerprint density at radius 1 is 1.09 bits per heavy atom. The maximum absolute atomic E-state index is 13.5. The minimum Gasteiger partial charge on any atom is -0.434 e. The summed E-state index contributed by atoms with van der Waals surface area (Å²) in [5, 5.41) is 3.02. The number of hydrogen-bond acceptors (Lipinski definition) is 3. The number of nitrogens with one attached hydrogen (secondary N) is 1. The monoisotopic (exact) mass is 488 g/mol. The van der Waals surface area contributed by atoms with Crippen molar-refractivity contribution in [1.29, 1.82) is 0 Å². The van der Waals surface area contributed by atoms with Gasteiger partial charge < -0.3 is 15.0 Å². The van der Waals surface area contributed by atoms with Crippen molar-refractivity contribution in [3.05, 3.63) is 65.5 Å². The van der Waals surface area contributed by atoms with Crippen LogP contribution >= 0.6 is 0 Å². The highest BCUT2D eigenvalue weighted by Crippen LogP contribution is 2.47. The highest BCUT2D eigenvalue weighted by Gasteiger charge is 2.49. The number of benzene rings is 2. The third-order valence-corrected chi connectivity index (χ3v) is 8.10. The quantitative estimate of drug-likeness (QED) is 0.487. The van der Waals surface area contributed by atoms with Gasteiger partial charge in [-0.05, 0) is 80.8 Å². The first-order valence-electron chi connectivity index (χ1n) is 12.6. The number of hydrogen-bond donors (Lipinski definition) is 1. The molecular weight excluding hydrogens is 453 g/mol. The number of piperidine rings is 1. The molecule has 1 amide bonds. The van der Waals surface area contributed by atoms with Gasteiger partial charge in [0, 0.05) is 18.2 Å². The summed E-state index contributed by atoms with van der Waals surface area (Å²) in [6, 6.07) is 13.8. The predicted molar refractivity (Wildman–Crippen MR) is 130 cm³/mol. The summed E-state index contributed by atoms with van der Waals surface area (Å²) in [5.74, 6) is 0.488. The molecule has 0 spiro atoms. The van der Waals surface area contributed by atoms with E-state index in [0.29, 0.717) is 17.5 Å². The molecule has 35 heavy (non-hydrogen) atoms. The van der Waals surface area contributed by atoms with Crippen LogP contribution in [0.4, 0.5) is 13.2 Å². The number of carbonyl (C=O) groups excluding carboxylic acids is 1. The third kappa shape index (κ3) is 5.83. The van der Waals surface area contributed by atoms with E-state index in [-0.39, 0.29) is 29.9 Å². The van der Waals surface area contributed by atoms with E-state index >= 15 is 0 Å². The lowest BCUT2D eigenvalue weighted by Gasteiger charge is -2.38. The molecule has 2 atom stereocenters. The van der Waals surface area contributed by atoms with E-state index in [4.69, 9.17) is 0 Å². The molecule has 2 fully saturated rings. The van der Waals surface area contributed by atoms with Crippen molar-refractivity contribution < 1.29 is 22.7 Å². The van der Waals surface area contributed by atoms with E-state index in [2.05, 4.69) is 28.8 Å². The number of rotatable bonds is 8. The second-order valence-corrected chi connectivity index (χ2v) is 10.2. The summed E-state index contributed by atoms with van der Waals surface area (Å²) in [7, 11) is 0. The van der Waals surface area contributed by atoms with Gasteiger partial charge in [-0.1, -0.05) is 44.2 Å². The standard InChI is InChI=1S/C28H35F3N2O2/c1-19(2)28(26(34)32-18-22-5-3-4-6-25(22)35-27(30)31)14-11-24(17-28)33-15-12-21(13-16-33)20-7-9-23(29)10-8-20/h3-10,19,21,24,27H,11-18H2,1-2H3,(H,32,34). The molecule has 1 saturated carbocycles. The van der Waals surface area contributed by atoms with Crippen LogP contribution in [0.15, 0.2) is 48.5 Å². The Morgan fingerprint density at radius 2 is 1.77 bits per heavy atom. The highest BCUT2D eigenvalue weighted by atomic mass is 19.3. The molecule has 7 heteroatoms. The lowest BCUT2D eigenvalue weighted by atomic mass is 9.74. The first-order chi connectivity index (χ1) is 16.8. The van der Waals surface area contributed by atoms with Gasteiger partial charge in [0.25, 0.3) is 0 Å². The lowest BCUT2D eigenvalue weighted by molar-refractivity contribution is -0.133. The van der Waals surface area contributed by atoms with E-state index in [0.717, 1.165) is 45.2 Å². The zero-order valence-corrected chi connectivity index (χ0v) is 20.5. The van der Waals surface area contributed by atoms with Gasteiger partial charge in [0.1, 0.15) is 11.6 Å². The largest absolute Gasteiger partial charge is 0.434 e. The molecule has 2 aromatic carbocycles. The van der Waals surface area contributed by atoms with E-state index < -0.39 is 12.0 Å². The molecule has 1 saturated heterocycles. The van der Waals surface area contributed by atoms with Crippen LogP contribution in [0.5, 0.6) is 5.75 Å². The third-order valence-electron chi connectivity index (χ3n) is 8.10. The smallest absolute Gasteiger partial charge is 0.387 e. The molecule has 190 valence electrons. The maximum atomic E-state index is 13.5. The first-order valence-corrected chi connectivity index (χ1v) is 12.6. The van der Waals surface area contributed by atoms with Crippen LogP contribution in [0.3, 0.4) is 0 Å². The van der Waals surface area contributed by atoms with Gasteiger partial charge in [0.2, 0.25) is 5.91 Å². The molecule has 2 aliphatic rings. The number of amides is 1. The average Bonchev–Trinajstić information content (AvgIpc) is 3.31. The van der Waals surface area contributed by atoms with E-state index in [9.17, 15) is 18.0 Å². The molecule has 1 heterocycles. The number of halogens is 3. The summed E-state index contributed by atoms with van der Waals surface area (Å²) < 4.78 is 43.4. The van der Waals surface area contributed by atoms with Crippen molar-refractivity contribution >= 4 is 5.91 Å². The van der Waals surface area contributed by atoms with E-state index in [1.807, 2.05) is 12.1 Å². The molecule has 0 aromatic heterocycles. The number of para-hydroxylation sites is 1. The van der Waals surface area contributed by atoms with Gasteiger partial charge in [-0.15, -0.1) is 0 Å². The number of nitrogens with zero attached hydrogens (tertiary/aromatic N) is 1. The van der Waals surface area contributed by atoms with Crippen LogP contribution in [-0.4, -0.2) is 36.5 Å². The Hall–Kier alpha value is -2.54. The molecule has 4 rings (SSSR count). The lowest BCUT2D eigenvalue weighted by Crippen LogP contribution is -2.45. The minimum atomic E-state index is -2.91. The zero-order valence-electron chi connectivity index (χ0n) is 20.5. The van der Waals surface area contributed by atoms with Gasteiger partial charge in [-0.2, -0.15) is 8.78 Å². The Balaban J connectivity index is 1.36. The second kappa shape index (κ2) is 11.0. The van der Waals surface area contributed by atoms with Crippen molar-refractivity contribution in [3.8, 4) is 5.75 Å². The highest BCUT2D eigenvalue weighted by molar-refractivity contribution is 5.83. The van der Waals surface area contributed by atoms with Crippen LogP contribution in [0.1, 0.15) is 63.0 Å². The number of likely N-dealkylation sites (tertiary alicyclic amines) is 1. The normalized spacial score (nSPS) is 23.7.